The number of aromatic nitrogens is 1. The fourth-order valence-electron chi connectivity index (χ4n) is 2.27. The lowest BCUT2D eigenvalue weighted by Gasteiger charge is -2.10. The zero-order chi connectivity index (χ0) is 18.5. The molecule has 3 aromatic rings. The molecular weight excluding hydrogens is 338 g/mol. The topological polar surface area (TPSA) is 77.8 Å². The molecule has 0 aliphatic carbocycles. The number of nitriles is 1. The number of nitrogens with zero attached hydrogens (tertiary/aromatic N) is 2. The third-order valence-corrected chi connectivity index (χ3v) is 3.52. The predicted molar refractivity (Wildman–Crippen MR) is 93.0 cm³/mol. The quantitative estimate of drug-likeness (QED) is 0.738. The van der Waals surface area contributed by atoms with Gasteiger partial charge in [-0.2, -0.15) is 5.26 Å². The minimum Gasteiger partial charge on any atom is -0.354 e. The van der Waals surface area contributed by atoms with Crippen molar-refractivity contribution >= 4 is 23.0 Å². The zero-order valence-corrected chi connectivity index (χ0v) is 13.3. The normalized spacial score (nSPS) is 10.0. The summed E-state index contributed by atoms with van der Waals surface area (Å²) in [5, 5.41) is 14.3. The lowest BCUT2D eigenvalue weighted by atomic mass is 10.2. The van der Waals surface area contributed by atoms with Crippen LogP contribution < -0.4 is 10.6 Å². The number of benzene rings is 2. The fraction of sp³-hybridized carbons (Fsp3) is 0. The second-order valence-corrected chi connectivity index (χ2v) is 5.26. The van der Waals surface area contributed by atoms with Gasteiger partial charge in [-0.25, -0.2) is 8.78 Å². The van der Waals surface area contributed by atoms with Crippen LogP contribution in [0.25, 0.3) is 0 Å². The van der Waals surface area contributed by atoms with Crippen LogP contribution in [-0.4, -0.2) is 10.9 Å². The van der Waals surface area contributed by atoms with Gasteiger partial charge in [0.2, 0.25) is 0 Å². The Kier molecular flexibility index (Phi) is 4.85. The van der Waals surface area contributed by atoms with Crippen LogP contribution in [0, 0.1) is 23.0 Å². The molecule has 0 spiro atoms. The SMILES string of the molecule is N#Cc1ccccc1Nc1ccnc(C(=O)Nc2c(F)cccc2F)c1. The minimum absolute atomic E-state index is 0.0351. The molecule has 2 N–H and O–H groups in total. The summed E-state index contributed by atoms with van der Waals surface area (Å²) in [5.41, 5.74) is 0.929. The molecule has 26 heavy (non-hydrogen) atoms. The fourth-order valence-corrected chi connectivity index (χ4v) is 2.27. The zero-order valence-electron chi connectivity index (χ0n) is 13.3. The molecule has 5 nitrogen and oxygen atoms in total. The smallest absolute Gasteiger partial charge is 0.274 e. The van der Waals surface area contributed by atoms with Gasteiger partial charge in [0.25, 0.3) is 5.91 Å². The highest BCUT2D eigenvalue weighted by molar-refractivity contribution is 6.03. The molecule has 0 aliphatic rings. The summed E-state index contributed by atoms with van der Waals surface area (Å²) in [6.45, 7) is 0. The summed E-state index contributed by atoms with van der Waals surface area (Å²) >= 11 is 0. The Morgan fingerprint density at radius 2 is 1.77 bits per heavy atom. The van der Waals surface area contributed by atoms with Crippen molar-refractivity contribution < 1.29 is 13.6 Å². The van der Waals surface area contributed by atoms with Gasteiger partial charge >= 0.3 is 0 Å². The van der Waals surface area contributed by atoms with E-state index < -0.39 is 23.2 Å². The van der Waals surface area contributed by atoms with Crippen LogP contribution in [0.2, 0.25) is 0 Å². The number of carbonyl (C=O) groups excluding carboxylic acids is 1. The van der Waals surface area contributed by atoms with Crippen LogP contribution in [0.3, 0.4) is 0 Å². The number of carbonyl (C=O) groups is 1. The van der Waals surface area contributed by atoms with E-state index in [1.165, 1.54) is 18.3 Å². The van der Waals surface area contributed by atoms with Gasteiger partial charge in [0.05, 0.1) is 11.3 Å². The Labute approximate surface area is 147 Å². The molecule has 0 fully saturated rings. The Hall–Kier alpha value is -3.79. The maximum atomic E-state index is 13.7. The van der Waals surface area contributed by atoms with Gasteiger partial charge in [0.15, 0.2) is 0 Å². The summed E-state index contributed by atoms with van der Waals surface area (Å²) in [7, 11) is 0. The standard InChI is InChI=1S/C19H12F2N4O/c20-14-5-3-6-15(21)18(14)25-19(26)17-10-13(8-9-23-17)24-16-7-2-1-4-12(16)11-22/h1-10H,(H,23,24)(H,25,26). The molecule has 7 heteroatoms. The molecule has 0 radical (unpaired) electrons. The van der Waals surface area contributed by atoms with Crippen LogP contribution in [0.4, 0.5) is 25.8 Å². The van der Waals surface area contributed by atoms with E-state index in [0.717, 1.165) is 12.1 Å². The Morgan fingerprint density at radius 1 is 1.04 bits per heavy atom. The molecule has 2 aromatic carbocycles. The number of hydrogen-bond acceptors (Lipinski definition) is 4. The molecule has 128 valence electrons. The van der Waals surface area contributed by atoms with E-state index in [4.69, 9.17) is 5.26 Å². The summed E-state index contributed by atoms with van der Waals surface area (Å²) in [4.78, 5) is 16.2. The van der Waals surface area contributed by atoms with Gasteiger partial charge in [0.1, 0.15) is 29.1 Å². The summed E-state index contributed by atoms with van der Waals surface area (Å²) < 4.78 is 27.3. The van der Waals surface area contributed by atoms with Crippen LogP contribution >= 0.6 is 0 Å². The highest BCUT2D eigenvalue weighted by atomic mass is 19.1. The number of nitrogens with one attached hydrogen (secondary N) is 2. The summed E-state index contributed by atoms with van der Waals surface area (Å²) in [6, 6.07) is 15.2. The molecule has 1 aromatic heterocycles. The van der Waals surface area contributed by atoms with E-state index in [1.807, 2.05) is 0 Å². The van der Waals surface area contributed by atoms with Crippen LogP contribution in [0.1, 0.15) is 16.1 Å². The van der Waals surface area contributed by atoms with Gasteiger partial charge in [0, 0.05) is 11.9 Å². The van der Waals surface area contributed by atoms with E-state index in [2.05, 4.69) is 21.7 Å². The molecule has 0 aliphatic heterocycles. The van der Waals surface area contributed by atoms with Gasteiger partial charge in [-0.3, -0.25) is 9.78 Å². The molecule has 0 atom stereocenters. The van der Waals surface area contributed by atoms with Crippen molar-refractivity contribution in [1.82, 2.24) is 4.98 Å². The first-order valence-electron chi connectivity index (χ1n) is 7.56. The summed E-state index contributed by atoms with van der Waals surface area (Å²) in [6.07, 6.45) is 1.38. The van der Waals surface area contributed by atoms with Crippen molar-refractivity contribution in [3.05, 3.63) is 83.7 Å². The third-order valence-electron chi connectivity index (χ3n) is 3.52. The number of anilines is 3. The second kappa shape index (κ2) is 7.40. The van der Waals surface area contributed by atoms with E-state index in [-0.39, 0.29) is 5.69 Å². The first-order chi connectivity index (χ1) is 12.6. The van der Waals surface area contributed by atoms with Crippen molar-refractivity contribution in [3.63, 3.8) is 0 Å². The monoisotopic (exact) mass is 350 g/mol. The Bertz CT molecular complexity index is 994. The van der Waals surface area contributed by atoms with Crippen LogP contribution in [0.5, 0.6) is 0 Å². The molecule has 1 amide bonds. The van der Waals surface area contributed by atoms with E-state index in [9.17, 15) is 13.6 Å². The molecule has 0 saturated carbocycles. The molecule has 1 heterocycles. The number of rotatable bonds is 4. The molecule has 0 saturated heterocycles. The van der Waals surface area contributed by atoms with E-state index in [1.54, 1.807) is 30.3 Å². The number of para-hydroxylation sites is 2. The lowest BCUT2D eigenvalue weighted by molar-refractivity contribution is 0.102. The number of hydrogen-bond donors (Lipinski definition) is 2. The molecule has 0 bridgehead atoms. The van der Waals surface area contributed by atoms with Gasteiger partial charge in [-0.1, -0.05) is 18.2 Å². The third kappa shape index (κ3) is 3.65. The van der Waals surface area contributed by atoms with Crippen LogP contribution in [0.15, 0.2) is 60.8 Å². The molecule has 3 rings (SSSR count). The maximum absolute atomic E-state index is 13.7. The largest absolute Gasteiger partial charge is 0.354 e. The average molecular weight is 350 g/mol. The lowest BCUT2D eigenvalue weighted by Crippen LogP contribution is -2.16. The molecule has 0 unspecified atom stereocenters. The van der Waals surface area contributed by atoms with Crippen LogP contribution in [-0.2, 0) is 0 Å². The highest BCUT2D eigenvalue weighted by Gasteiger charge is 2.15. The first-order valence-corrected chi connectivity index (χ1v) is 7.56. The van der Waals surface area contributed by atoms with Crippen molar-refractivity contribution in [2.75, 3.05) is 10.6 Å². The van der Waals surface area contributed by atoms with Gasteiger partial charge < -0.3 is 10.6 Å². The van der Waals surface area contributed by atoms with Gasteiger partial charge in [-0.15, -0.1) is 0 Å². The van der Waals surface area contributed by atoms with Crippen molar-refractivity contribution in [2.24, 2.45) is 0 Å². The Balaban J connectivity index is 1.83. The Morgan fingerprint density at radius 3 is 2.50 bits per heavy atom. The van der Waals surface area contributed by atoms with E-state index >= 15 is 0 Å². The second-order valence-electron chi connectivity index (χ2n) is 5.26. The first kappa shape index (κ1) is 17.0. The van der Waals surface area contributed by atoms with Gasteiger partial charge in [-0.05, 0) is 36.4 Å². The average Bonchev–Trinajstić information content (AvgIpc) is 2.65. The van der Waals surface area contributed by atoms with Crippen molar-refractivity contribution in [3.8, 4) is 6.07 Å². The maximum Gasteiger partial charge on any atom is 0.274 e. The molecular formula is C19H12F2N4O. The van der Waals surface area contributed by atoms with Crippen molar-refractivity contribution in [2.45, 2.75) is 0 Å². The highest BCUT2D eigenvalue weighted by Crippen LogP contribution is 2.22. The predicted octanol–water partition coefficient (Wildman–Crippen LogP) is 4.23. The summed E-state index contributed by atoms with van der Waals surface area (Å²) in [5.74, 6) is -2.52. The number of amides is 1. The number of halogens is 2. The van der Waals surface area contributed by atoms with E-state index in [0.29, 0.717) is 16.9 Å². The van der Waals surface area contributed by atoms with Crippen molar-refractivity contribution in [1.29, 1.82) is 5.26 Å². The number of pyridine rings is 1. The minimum atomic E-state index is -0.879.